The van der Waals surface area contributed by atoms with Gasteiger partial charge in [0, 0.05) is 17.2 Å². The number of azide groups is 1. The van der Waals surface area contributed by atoms with E-state index in [9.17, 15) is 24.1 Å². The molecule has 1 aliphatic rings. The van der Waals surface area contributed by atoms with E-state index in [1.54, 1.807) is 32.0 Å². The molecule has 1 aliphatic heterocycles. The smallest absolute Gasteiger partial charge is 0.459 e. The first kappa shape index (κ1) is 29.1. The third-order valence-corrected chi connectivity index (χ3v) is 7.20. The van der Waals surface area contributed by atoms with Crippen LogP contribution in [0.25, 0.3) is 10.4 Å². The van der Waals surface area contributed by atoms with Crippen LogP contribution in [0.3, 0.4) is 0 Å². The van der Waals surface area contributed by atoms with E-state index in [1.807, 2.05) is 0 Å². The average molecular weight is 552 g/mol. The highest BCUT2D eigenvalue weighted by Crippen LogP contribution is 2.47. The van der Waals surface area contributed by atoms with E-state index >= 15 is 0 Å². The van der Waals surface area contributed by atoms with Crippen LogP contribution in [0.1, 0.15) is 33.9 Å². The highest BCUT2D eigenvalue weighted by atomic mass is 31.2. The fourth-order valence-corrected chi connectivity index (χ4v) is 5.20. The van der Waals surface area contributed by atoms with Gasteiger partial charge in [-0.25, -0.2) is 9.36 Å². The number of para-hydroxylation sites is 1. The molecule has 38 heavy (non-hydrogen) atoms. The maximum atomic E-state index is 13.7. The summed E-state index contributed by atoms with van der Waals surface area (Å²) >= 11 is 0. The lowest BCUT2D eigenvalue weighted by atomic mass is 9.93. The maximum Gasteiger partial charge on any atom is 0.459 e. The second-order valence-electron chi connectivity index (χ2n) is 8.94. The van der Waals surface area contributed by atoms with Crippen molar-refractivity contribution in [3.8, 4) is 5.75 Å². The van der Waals surface area contributed by atoms with E-state index in [1.165, 1.54) is 26.0 Å². The first-order valence-electron chi connectivity index (χ1n) is 11.6. The number of ether oxygens (including phenoxy) is 2. The molecular formula is C22H29N6O9P. The Hall–Kier alpha value is -3.45. The normalized spacial score (nSPS) is 25.3. The van der Waals surface area contributed by atoms with E-state index in [4.69, 9.17) is 24.1 Å². The number of hydrogen-bond acceptors (Lipinski definition) is 10. The van der Waals surface area contributed by atoms with Gasteiger partial charge in [-0.1, -0.05) is 23.3 Å². The van der Waals surface area contributed by atoms with Gasteiger partial charge < -0.3 is 19.1 Å². The van der Waals surface area contributed by atoms with Crippen LogP contribution < -0.4 is 20.9 Å². The zero-order chi connectivity index (χ0) is 28.1. The van der Waals surface area contributed by atoms with Gasteiger partial charge in [0.05, 0.1) is 18.8 Å². The minimum Gasteiger partial charge on any atom is -0.462 e. The lowest BCUT2D eigenvalue weighted by Gasteiger charge is -2.28. The summed E-state index contributed by atoms with van der Waals surface area (Å²) in [6, 6.07) is 7.98. The van der Waals surface area contributed by atoms with Crippen LogP contribution in [0, 0.1) is 0 Å². The molecule has 0 radical (unpaired) electrons. The molecule has 0 unspecified atom stereocenters. The molecule has 2 aromatic rings. The Morgan fingerprint density at radius 3 is 2.61 bits per heavy atom. The molecular weight excluding hydrogens is 523 g/mol. The maximum absolute atomic E-state index is 13.7. The summed E-state index contributed by atoms with van der Waals surface area (Å²) in [4.78, 5) is 41.0. The minimum atomic E-state index is -4.30. The van der Waals surface area contributed by atoms with E-state index in [-0.39, 0.29) is 5.75 Å². The summed E-state index contributed by atoms with van der Waals surface area (Å²) in [5.74, 6) is -0.539. The molecule has 0 saturated carbocycles. The van der Waals surface area contributed by atoms with Crippen molar-refractivity contribution in [3.05, 3.63) is 73.9 Å². The lowest BCUT2D eigenvalue weighted by Crippen LogP contribution is -2.45. The Kier molecular flexibility index (Phi) is 9.15. The fraction of sp³-hybridized carbons (Fsp3) is 0.500. The SMILES string of the molecule is CC(C)OC(=O)[C@@H](C)N[P@](=O)(OC[C@H]1O[C@@H](n2ccc(=O)[nH]c2=O)[C@](C)(N=[N+]=[N-])[C@@H]1O)Oc1ccccc1. The Morgan fingerprint density at radius 1 is 1.32 bits per heavy atom. The summed E-state index contributed by atoms with van der Waals surface area (Å²) in [7, 11) is -4.30. The number of carbonyl (C=O) groups is 1. The number of aromatic amines is 1. The molecule has 0 amide bonds. The number of rotatable bonds is 11. The van der Waals surface area contributed by atoms with Crippen LogP contribution in [-0.4, -0.2) is 57.1 Å². The number of benzene rings is 1. The largest absolute Gasteiger partial charge is 0.462 e. The predicted molar refractivity (Wildman–Crippen MR) is 133 cm³/mol. The van der Waals surface area contributed by atoms with Crippen LogP contribution >= 0.6 is 7.75 Å². The first-order chi connectivity index (χ1) is 17.9. The summed E-state index contributed by atoms with van der Waals surface area (Å²) in [5, 5.41) is 17.1. The standard InChI is InChI=1S/C22H29N6O9P/c1-13(2)35-19(31)14(3)25-38(33,37-15-8-6-5-7-9-15)34-12-16-18(30)22(4,26-27-23)20(36-16)28-11-10-17(29)24-21(28)32/h5-11,13-14,16,18,20,30H,12H2,1-4H3,(H,25,33)(H,24,29,32)/t14-,16-,18-,20-,22-,38+/m1/s1. The number of carbonyl (C=O) groups excluding carboxylic acids is 1. The van der Waals surface area contributed by atoms with Crippen molar-refractivity contribution in [2.75, 3.05) is 6.61 Å². The monoisotopic (exact) mass is 552 g/mol. The Labute approximate surface area is 216 Å². The van der Waals surface area contributed by atoms with Crippen LogP contribution in [0.15, 0.2) is 57.3 Å². The van der Waals surface area contributed by atoms with E-state index in [0.717, 1.165) is 16.8 Å². The summed E-state index contributed by atoms with van der Waals surface area (Å²) in [6.45, 7) is 5.50. The van der Waals surface area contributed by atoms with Crippen molar-refractivity contribution in [1.82, 2.24) is 14.6 Å². The van der Waals surface area contributed by atoms with Crippen molar-refractivity contribution in [2.45, 2.75) is 63.8 Å². The van der Waals surface area contributed by atoms with Gasteiger partial charge in [0.2, 0.25) is 0 Å². The van der Waals surface area contributed by atoms with Crippen LogP contribution in [0.2, 0.25) is 0 Å². The molecule has 0 aliphatic carbocycles. The van der Waals surface area contributed by atoms with Crippen LogP contribution in [0.4, 0.5) is 0 Å². The summed E-state index contributed by atoms with van der Waals surface area (Å²) < 4.78 is 36.7. The second-order valence-corrected chi connectivity index (χ2v) is 10.6. The zero-order valence-corrected chi connectivity index (χ0v) is 22.0. The Bertz CT molecular complexity index is 1340. The van der Waals surface area contributed by atoms with Crippen LogP contribution in [-0.2, 0) is 23.4 Å². The van der Waals surface area contributed by atoms with Crippen molar-refractivity contribution < 1.29 is 33.0 Å². The van der Waals surface area contributed by atoms with Gasteiger partial charge in [-0.05, 0) is 45.4 Å². The highest BCUT2D eigenvalue weighted by molar-refractivity contribution is 7.52. The van der Waals surface area contributed by atoms with Crippen LogP contribution in [0.5, 0.6) is 5.75 Å². The van der Waals surface area contributed by atoms with E-state index in [0.29, 0.717) is 0 Å². The molecule has 3 N–H and O–H groups in total. The molecule has 1 saturated heterocycles. The van der Waals surface area contributed by atoms with Gasteiger partial charge in [0.1, 0.15) is 23.4 Å². The van der Waals surface area contributed by atoms with Crippen molar-refractivity contribution >= 4 is 13.7 Å². The number of aliphatic hydroxyl groups excluding tert-OH is 1. The number of esters is 1. The molecule has 206 valence electrons. The number of H-pyrrole nitrogens is 1. The number of hydrogen-bond donors (Lipinski definition) is 3. The van der Waals surface area contributed by atoms with Crippen molar-refractivity contribution in [1.29, 1.82) is 0 Å². The predicted octanol–water partition coefficient (Wildman–Crippen LogP) is 2.00. The third-order valence-electron chi connectivity index (χ3n) is 5.55. The fourth-order valence-electron chi connectivity index (χ4n) is 3.70. The van der Waals surface area contributed by atoms with Crippen molar-refractivity contribution in [2.24, 2.45) is 5.11 Å². The molecule has 2 heterocycles. The molecule has 6 atom stereocenters. The molecule has 1 aromatic carbocycles. The molecule has 16 heteroatoms. The Morgan fingerprint density at radius 2 is 2.00 bits per heavy atom. The topological polar surface area (TPSA) is 207 Å². The highest BCUT2D eigenvalue weighted by Gasteiger charge is 2.55. The third kappa shape index (κ3) is 6.70. The van der Waals surface area contributed by atoms with Gasteiger partial charge >= 0.3 is 19.4 Å². The lowest BCUT2D eigenvalue weighted by molar-refractivity contribution is -0.149. The molecule has 0 spiro atoms. The quantitative estimate of drug-likeness (QED) is 0.121. The van der Waals surface area contributed by atoms with Crippen molar-refractivity contribution in [3.63, 3.8) is 0 Å². The number of aromatic nitrogens is 2. The Balaban J connectivity index is 1.87. The van der Waals surface area contributed by atoms with E-state index < -0.39 is 67.7 Å². The van der Waals surface area contributed by atoms with Gasteiger partial charge in [-0.15, -0.1) is 0 Å². The average Bonchev–Trinajstić information content (AvgIpc) is 3.08. The van der Waals surface area contributed by atoms with Gasteiger partial charge in [0.25, 0.3) is 5.56 Å². The number of aliphatic hydroxyl groups is 1. The number of nitrogens with one attached hydrogen (secondary N) is 2. The molecule has 1 aromatic heterocycles. The van der Waals surface area contributed by atoms with Gasteiger partial charge in [-0.3, -0.25) is 23.7 Å². The zero-order valence-electron chi connectivity index (χ0n) is 21.1. The summed E-state index contributed by atoms with van der Waals surface area (Å²) in [5.41, 5.74) is 5.85. The number of nitrogens with zero attached hydrogens (tertiary/aromatic N) is 4. The molecule has 0 bridgehead atoms. The molecule has 1 fully saturated rings. The molecule has 3 rings (SSSR count). The van der Waals surface area contributed by atoms with E-state index in [2.05, 4.69) is 20.1 Å². The second kappa shape index (κ2) is 11.9. The molecule has 15 nitrogen and oxygen atoms in total. The first-order valence-corrected chi connectivity index (χ1v) is 13.1. The van der Waals surface area contributed by atoms with Gasteiger partial charge in [-0.2, -0.15) is 5.09 Å². The summed E-state index contributed by atoms with van der Waals surface area (Å²) in [6.07, 6.45) is -3.47. The minimum absolute atomic E-state index is 0.164. The van der Waals surface area contributed by atoms with Gasteiger partial charge in [0.15, 0.2) is 6.23 Å².